The molecule has 0 amide bonds. The van der Waals surface area contributed by atoms with Crippen molar-refractivity contribution in [2.75, 3.05) is 56.9 Å². The molecule has 0 aliphatic heterocycles. The molecule has 0 N–H and O–H groups in total. The number of rotatable bonds is 18. The topological polar surface area (TPSA) is 126 Å². The van der Waals surface area contributed by atoms with Gasteiger partial charge >= 0.3 is 0 Å². The number of hydrogen-bond donors (Lipinski definition) is 0. The van der Waals surface area contributed by atoms with Crippen molar-refractivity contribution < 1.29 is 55.6 Å². The number of methoxy groups -OCH3 is 8. The first kappa shape index (κ1) is 43.8. The zero-order valence-electron chi connectivity index (χ0n) is 38.7. The summed E-state index contributed by atoms with van der Waals surface area (Å²) in [6.07, 6.45) is 1.54. The average Bonchev–Trinajstić information content (AvgIpc) is 4.11. The lowest BCUT2D eigenvalue weighted by Gasteiger charge is -2.41. The van der Waals surface area contributed by atoms with Crippen LogP contribution < -0.4 is 37.9 Å². The molecule has 0 aliphatic carbocycles. The van der Waals surface area contributed by atoms with E-state index in [1.807, 2.05) is 54.6 Å². The van der Waals surface area contributed by atoms with E-state index in [4.69, 9.17) is 55.6 Å². The van der Waals surface area contributed by atoms with Crippen LogP contribution in [-0.4, -0.2) is 56.9 Å². The first-order valence-corrected chi connectivity index (χ1v) is 20.9. The lowest BCUT2D eigenvalue weighted by Crippen LogP contribution is -2.38. The van der Waals surface area contributed by atoms with Crippen LogP contribution in [0.3, 0.4) is 0 Å². The first-order valence-electron chi connectivity index (χ1n) is 20.9. The van der Waals surface area contributed by atoms with Crippen molar-refractivity contribution >= 4 is 49.5 Å². The van der Waals surface area contributed by atoms with E-state index in [2.05, 4.69) is 52.5 Å². The molecule has 336 valence electrons. The van der Waals surface area contributed by atoms with Gasteiger partial charge in [0.05, 0.1) is 56.9 Å². The molecule has 2 unspecified atom stereocenters. The summed E-state index contributed by atoms with van der Waals surface area (Å²) >= 11 is 0. The van der Waals surface area contributed by atoms with E-state index in [0.717, 1.165) is 44.4 Å². The van der Waals surface area contributed by atoms with Gasteiger partial charge in [-0.25, -0.2) is 0 Å². The summed E-state index contributed by atoms with van der Waals surface area (Å²) in [6.45, 7) is 13.5. The van der Waals surface area contributed by atoms with Gasteiger partial charge < -0.3 is 55.6 Å². The molecule has 4 aromatic carbocycles. The first-order chi connectivity index (χ1) is 30.6. The molecule has 4 aromatic heterocycles. The Bertz CT molecular complexity index is 2850. The summed E-state index contributed by atoms with van der Waals surface area (Å²) in [5, 5.41) is 3.51. The van der Waals surface area contributed by atoms with Gasteiger partial charge in [-0.05, 0) is 73.4 Å². The van der Waals surface area contributed by atoms with Crippen LogP contribution in [0.2, 0.25) is 0 Å². The van der Waals surface area contributed by atoms with Crippen molar-refractivity contribution in [1.82, 2.24) is 0 Å². The van der Waals surface area contributed by atoms with Gasteiger partial charge in [0, 0.05) is 62.1 Å². The SMILES string of the molecule is C=C(CC(C)(CC(C)(CC(C)(C)c1cc2cc(OC)c(OC)cc2o1)c1cc2cc(OC)c(OC)cc2o1)c1cc2cc(OC)c(OC)cc2o1)c1cc2cc(OC)c(OC)cc2o1. The third-order valence-corrected chi connectivity index (χ3v) is 12.5. The Hall–Kier alpha value is -6.82. The monoisotopic (exact) mass is 872 g/mol. The van der Waals surface area contributed by atoms with Crippen molar-refractivity contribution in [2.45, 2.75) is 63.2 Å². The lowest BCUT2D eigenvalue weighted by molar-refractivity contribution is 0.193. The Labute approximate surface area is 372 Å². The van der Waals surface area contributed by atoms with Crippen LogP contribution in [-0.2, 0) is 16.2 Å². The average molecular weight is 873 g/mol. The van der Waals surface area contributed by atoms with Crippen LogP contribution in [0.1, 0.15) is 70.0 Å². The van der Waals surface area contributed by atoms with Gasteiger partial charge in [0.25, 0.3) is 0 Å². The molecular formula is C52H56O12. The fourth-order valence-corrected chi connectivity index (χ4v) is 9.52. The molecule has 0 spiro atoms. The number of benzene rings is 4. The molecule has 8 rings (SSSR count). The number of fused-ring (bicyclic) bond motifs is 4. The standard InChI is InChI=1S/C52H56O12/c1-29(34-14-30-15-39(53-6)43(57-10)22-35(30)61-34)26-51(4,48-20-32-17-41(55-8)45(59-12)24-37(32)63-48)28-52(5,49-21-33-18-42(56-9)46(60-13)25-38(33)64-49)27-50(2,3)47-19-31-16-40(54-7)44(58-11)23-36(31)62-47/h14-25H,1,26-28H2,2-13H3. The molecule has 0 saturated carbocycles. The zero-order chi connectivity index (χ0) is 45.7. The van der Waals surface area contributed by atoms with Gasteiger partial charge in [0.15, 0.2) is 46.0 Å². The maximum absolute atomic E-state index is 6.92. The van der Waals surface area contributed by atoms with Gasteiger partial charge in [-0.3, -0.25) is 0 Å². The molecule has 8 aromatic rings. The fourth-order valence-electron chi connectivity index (χ4n) is 9.52. The molecule has 0 fully saturated rings. The highest BCUT2D eigenvalue weighted by Crippen LogP contribution is 2.53. The van der Waals surface area contributed by atoms with Crippen LogP contribution in [0, 0.1) is 0 Å². The largest absolute Gasteiger partial charge is 0.493 e. The Morgan fingerprint density at radius 1 is 0.391 bits per heavy atom. The van der Waals surface area contributed by atoms with Crippen LogP contribution in [0.25, 0.3) is 49.5 Å². The summed E-state index contributed by atoms with van der Waals surface area (Å²) in [5.74, 6) is 7.67. The Morgan fingerprint density at radius 3 is 1.09 bits per heavy atom. The Balaban J connectivity index is 1.29. The molecule has 2 atom stereocenters. The van der Waals surface area contributed by atoms with Crippen LogP contribution in [0.5, 0.6) is 46.0 Å². The normalized spacial score (nSPS) is 13.8. The van der Waals surface area contributed by atoms with Gasteiger partial charge in [-0.2, -0.15) is 0 Å². The number of allylic oxidation sites excluding steroid dienone is 1. The van der Waals surface area contributed by atoms with Crippen LogP contribution >= 0.6 is 0 Å². The number of furan rings is 4. The van der Waals surface area contributed by atoms with Gasteiger partial charge in [0.2, 0.25) is 0 Å². The van der Waals surface area contributed by atoms with E-state index in [1.165, 1.54) is 0 Å². The predicted octanol–water partition coefficient (Wildman–Crippen LogP) is 12.8. The smallest absolute Gasteiger partial charge is 0.164 e. The molecular weight excluding hydrogens is 817 g/mol. The molecule has 12 nitrogen and oxygen atoms in total. The minimum atomic E-state index is -0.737. The molecule has 0 aliphatic rings. The Kier molecular flexibility index (Phi) is 11.4. The minimum absolute atomic E-state index is 0.442. The summed E-state index contributed by atoms with van der Waals surface area (Å²) in [4.78, 5) is 0. The fraction of sp³-hybridized carbons (Fsp3) is 0.346. The highest BCUT2D eigenvalue weighted by atomic mass is 16.5. The molecule has 12 heteroatoms. The molecule has 4 heterocycles. The Morgan fingerprint density at radius 2 is 0.703 bits per heavy atom. The second-order valence-corrected chi connectivity index (χ2v) is 17.6. The van der Waals surface area contributed by atoms with Crippen LogP contribution in [0.4, 0.5) is 0 Å². The second kappa shape index (κ2) is 16.7. The summed E-state index contributed by atoms with van der Waals surface area (Å²) in [5.41, 5.74) is 1.46. The molecule has 0 radical (unpaired) electrons. The number of ether oxygens (including phenoxy) is 8. The molecule has 0 saturated heterocycles. The predicted molar refractivity (Wildman–Crippen MR) is 248 cm³/mol. The third kappa shape index (κ3) is 7.79. The van der Waals surface area contributed by atoms with Gasteiger partial charge in [-0.15, -0.1) is 0 Å². The van der Waals surface area contributed by atoms with E-state index in [0.29, 0.717) is 93.4 Å². The minimum Gasteiger partial charge on any atom is -0.493 e. The van der Waals surface area contributed by atoms with E-state index >= 15 is 0 Å². The van der Waals surface area contributed by atoms with E-state index in [-0.39, 0.29) is 0 Å². The maximum atomic E-state index is 6.92. The lowest BCUT2D eigenvalue weighted by atomic mass is 9.62. The second-order valence-electron chi connectivity index (χ2n) is 17.6. The van der Waals surface area contributed by atoms with Crippen molar-refractivity contribution in [3.8, 4) is 46.0 Å². The molecule has 0 bridgehead atoms. The van der Waals surface area contributed by atoms with Crippen molar-refractivity contribution in [2.24, 2.45) is 0 Å². The highest BCUT2D eigenvalue weighted by Gasteiger charge is 2.46. The maximum Gasteiger partial charge on any atom is 0.164 e. The number of hydrogen-bond acceptors (Lipinski definition) is 12. The van der Waals surface area contributed by atoms with Crippen LogP contribution in [0.15, 0.2) is 97.0 Å². The zero-order valence-corrected chi connectivity index (χ0v) is 38.7. The molecule has 64 heavy (non-hydrogen) atoms. The summed E-state index contributed by atoms with van der Waals surface area (Å²) in [6, 6.07) is 23.4. The van der Waals surface area contributed by atoms with E-state index < -0.39 is 16.2 Å². The van der Waals surface area contributed by atoms with E-state index in [9.17, 15) is 0 Å². The highest BCUT2D eigenvalue weighted by molar-refractivity contribution is 5.86. The van der Waals surface area contributed by atoms with Gasteiger partial charge in [0.1, 0.15) is 45.4 Å². The van der Waals surface area contributed by atoms with E-state index in [1.54, 1.807) is 56.9 Å². The van der Waals surface area contributed by atoms with Crippen molar-refractivity contribution in [3.05, 3.63) is 102 Å². The summed E-state index contributed by atoms with van der Waals surface area (Å²) in [7, 11) is 12.9. The summed E-state index contributed by atoms with van der Waals surface area (Å²) < 4.78 is 72.2. The van der Waals surface area contributed by atoms with Crippen molar-refractivity contribution in [3.63, 3.8) is 0 Å². The van der Waals surface area contributed by atoms with Crippen molar-refractivity contribution in [1.29, 1.82) is 0 Å². The van der Waals surface area contributed by atoms with Gasteiger partial charge in [-0.1, -0.05) is 34.3 Å². The third-order valence-electron chi connectivity index (χ3n) is 12.5. The quantitative estimate of drug-likeness (QED) is 0.0814.